The van der Waals surface area contributed by atoms with Crippen molar-refractivity contribution in [2.75, 3.05) is 7.11 Å². The van der Waals surface area contributed by atoms with E-state index in [-0.39, 0.29) is 21.3 Å². The summed E-state index contributed by atoms with van der Waals surface area (Å²) in [7, 11) is 1.27. The monoisotopic (exact) mass is 463 g/mol. The van der Waals surface area contributed by atoms with Gasteiger partial charge in [-0.15, -0.1) is 11.3 Å². The summed E-state index contributed by atoms with van der Waals surface area (Å²) < 4.78 is 47.3. The Hall–Kier alpha value is -1.77. The molecule has 1 aromatic heterocycles. The molecule has 154 valence electrons. The van der Waals surface area contributed by atoms with Crippen molar-refractivity contribution in [1.82, 2.24) is 0 Å². The number of ether oxygens (including phenoxy) is 1. The normalized spacial score (nSPS) is 21.0. The predicted molar refractivity (Wildman–Crippen MR) is 104 cm³/mol. The largest absolute Gasteiger partial charge is 0.465 e. The van der Waals surface area contributed by atoms with Crippen LogP contribution < -0.4 is 0 Å². The Morgan fingerprint density at radius 3 is 2.48 bits per heavy atom. The summed E-state index contributed by atoms with van der Waals surface area (Å²) in [6.45, 7) is 0. The average Bonchev–Trinajstić information content (AvgIpc) is 3.34. The highest BCUT2D eigenvalue weighted by molar-refractivity contribution is 7.16. The number of hydrogen-bond acceptors (Lipinski definition) is 5. The summed E-state index contributed by atoms with van der Waals surface area (Å²) in [6, 6.07) is 3.71. The highest BCUT2D eigenvalue weighted by atomic mass is 35.5. The first-order valence-electron chi connectivity index (χ1n) is 8.68. The third-order valence-corrected chi connectivity index (χ3v) is 6.86. The smallest absolute Gasteiger partial charge is 0.435 e. The fourth-order valence-corrected chi connectivity index (χ4v) is 5.59. The van der Waals surface area contributed by atoms with Gasteiger partial charge in [-0.1, -0.05) is 28.4 Å². The maximum absolute atomic E-state index is 14.2. The van der Waals surface area contributed by atoms with Gasteiger partial charge in [-0.3, -0.25) is 0 Å². The molecule has 0 saturated heterocycles. The van der Waals surface area contributed by atoms with Gasteiger partial charge in [-0.25, -0.2) is 4.79 Å². The number of methoxy groups -OCH3 is 1. The molecule has 1 aliphatic heterocycles. The van der Waals surface area contributed by atoms with E-state index >= 15 is 0 Å². The SMILES string of the molecule is COC(=O)c1sc(C2=NOC(c3cc(Cl)cc(Cl)c3)(C(F)(F)F)C2)c2c1CCC2. The van der Waals surface area contributed by atoms with E-state index in [0.29, 0.717) is 22.6 Å². The molecule has 0 fully saturated rings. The van der Waals surface area contributed by atoms with Gasteiger partial charge in [0, 0.05) is 15.6 Å². The Labute approximate surface area is 178 Å². The van der Waals surface area contributed by atoms with Crippen LogP contribution in [0.5, 0.6) is 0 Å². The van der Waals surface area contributed by atoms with Gasteiger partial charge in [-0.05, 0) is 48.6 Å². The lowest BCUT2D eigenvalue weighted by atomic mass is 9.87. The fourth-order valence-electron chi connectivity index (χ4n) is 3.77. The summed E-state index contributed by atoms with van der Waals surface area (Å²) in [5, 5.41) is 3.94. The molecule has 0 N–H and O–H groups in total. The minimum Gasteiger partial charge on any atom is -0.465 e. The molecule has 2 aliphatic rings. The van der Waals surface area contributed by atoms with Gasteiger partial charge in [0.25, 0.3) is 5.60 Å². The molecule has 29 heavy (non-hydrogen) atoms. The van der Waals surface area contributed by atoms with Crippen LogP contribution in [-0.2, 0) is 28.0 Å². The number of halogens is 5. The van der Waals surface area contributed by atoms with Gasteiger partial charge in [0.15, 0.2) is 0 Å². The molecule has 0 radical (unpaired) electrons. The van der Waals surface area contributed by atoms with Crippen molar-refractivity contribution in [2.45, 2.75) is 37.5 Å². The van der Waals surface area contributed by atoms with Crippen molar-refractivity contribution >= 4 is 46.2 Å². The topological polar surface area (TPSA) is 47.9 Å². The number of esters is 1. The van der Waals surface area contributed by atoms with Crippen molar-refractivity contribution in [3.8, 4) is 0 Å². The number of fused-ring (bicyclic) bond motifs is 1. The lowest BCUT2D eigenvalue weighted by molar-refractivity contribution is -0.275. The lowest BCUT2D eigenvalue weighted by Gasteiger charge is -2.29. The van der Waals surface area contributed by atoms with E-state index in [1.807, 2.05) is 0 Å². The van der Waals surface area contributed by atoms with Gasteiger partial charge < -0.3 is 9.57 Å². The number of carbonyl (C=O) groups excluding carboxylic acids is 1. The summed E-state index contributed by atoms with van der Waals surface area (Å²) in [5.41, 5.74) is -1.09. The number of oxime groups is 1. The first-order valence-corrected chi connectivity index (χ1v) is 10.2. The Morgan fingerprint density at radius 2 is 1.86 bits per heavy atom. The van der Waals surface area contributed by atoms with Crippen LogP contribution in [0, 0.1) is 0 Å². The fraction of sp³-hybridized carbons (Fsp3) is 0.368. The molecule has 1 aliphatic carbocycles. The molecule has 4 rings (SSSR count). The minimum atomic E-state index is -4.77. The molecule has 10 heteroatoms. The highest BCUT2D eigenvalue weighted by Gasteiger charge is 2.62. The van der Waals surface area contributed by atoms with Gasteiger partial charge >= 0.3 is 12.1 Å². The van der Waals surface area contributed by atoms with Crippen LogP contribution in [0.15, 0.2) is 23.4 Å². The number of rotatable bonds is 3. The summed E-state index contributed by atoms with van der Waals surface area (Å²) in [6.07, 6.45) is -3.14. The molecule has 1 unspecified atom stereocenters. The van der Waals surface area contributed by atoms with Gasteiger partial charge in [-0.2, -0.15) is 13.2 Å². The Kier molecular flexibility index (Phi) is 5.07. The van der Waals surface area contributed by atoms with Crippen molar-refractivity contribution < 1.29 is 27.5 Å². The van der Waals surface area contributed by atoms with Gasteiger partial charge in [0.05, 0.1) is 18.4 Å². The number of hydrogen-bond donors (Lipinski definition) is 0. The second-order valence-corrected chi connectivity index (χ2v) is 8.74. The number of alkyl halides is 3. The lowest BCUT2D eigenvalue weighted by Crippen LogP contribution is -2.42. The van der Waals surface area contributed by atoms with Crippen molar-refractivity contribution in [3.63, 3.8) is 0 Å². The van der Waals surface area contributed by atoms with Crippen LogP contribution in [0.1, 0.15) is 44.1 Å². The van der Waals surface area contributed by atoms with Crippen LogP contribution in [-0.4, -0.2) is 25.0 Å². The Morgan fingerprint density at radius 1 is 1.21 bits per heavy atom. The predicted octanol–water partition coefficient (Wildman–Crippen LogP) is 5.91. The van der Waals surface area contributed by atoms with Crippen molar-refractivity contribution in [3.05, 3.63) is 54.7 Å². The number of carbonyl (C=O) groups is 1. The van der Waals surface area contributed by atoms with Gasteiger partial charge in [0.1, 0.15) is 10.6 Å². The molecule has 2 heterocycles. The molecular weight excluding hydrogens is 450 g/mol. The first kappa shape index (κ1) is 20.5. The van der Waals surface area contributed by atoms with E-state index in [2.05, 4.69) is 5.16 Å². The van der Waals surface area contributed by atoms with Crippen LogP contribution in [0.4, 0.5) is 13.2 Å². The van der Waals surface area contributed by atoms with Crippen LogP contribution in [0.2, 0.25) is 10.0 Å². The zero-order valence-corrected chi connectivity index (χ0v) is 17.4. The second kappa shape index (κ2) is 7.18. The van der Waals surface area contributed by atoms with E-state index in [1.54, 1.807) is 0 Å². The maximum Gasteiger partial charge on any atom is 0.435 e. The average molecular weight is 464 g/mol. The Bertz CT molecular complexity index is 1010. The zero-order valence-electron chi connectivity index (χ0n) is 15.0. The molecule has 0 saturated carbocycles. The molecule has 0 bridgehead atoms. The molecule has 0 spiro atoms. The van der Waals surface area contributed by atoms with Crippen LogP contribution in [0.25, 0.3) is 0 Å². The molecule has 1 aromatic carbocycles. The van der Waals surface area contributed by atoms with Crippen LogP contribution >= 0.6 is 34.5 Å². The first-order chi connectivity index (χ1) is 13.7. The zero-order chi connectivity index (χ0) is 21.0. The molecule has 2 aromatic rings. The minimum absolute atomic E-state index is 0.0677. The van der Waals surface area contributed by atoms with E-state index in [9.17, 15) is 18.0 Å². The maximum atomic E-state index is 14.2. The number of thiophene rings is 1. The van der Waals surface area contributed by atoms with E-state index in [4.69, 9.17) is 32.8 Å². The van der Waals surface area contributed by atoms with E-state index in [1.165, 1.54) is 25.3 Å². The van der Waals surface area contributed by atoms with E-state index < -0.39 is 24.2 Å². The standard InChI is InChI=1S/C19H14Cl2F3NO3S/c1-27-17(26)16-13-4-2-3-12(13)15(29-16)14-8-18(28-25-14,19(22,23)24)9-5-10(20)7-11(21)6-9/h5-7H,2-4,8H2,1H3. The highest BCUT2D eigenvalue weighted by Crippen LogP contribution is 2.51. The summed E-state index contributed by atoms with van der Waals surface area (Å²) in [5.74, 6) is -0.498. The van der Waals surface area contributed by atoms with Gasteiger partial charge in [0.2, 0.25) is 0 Å². The molecule has 1 atom stereocenters. The Balaban J connectivity index is 1.78. The molecule has 4 nitrogen and oxygen atoms in total. The third-order valence-electron chi connectivity index (χ3n) is 5.12. The quantitative estimate of drug-likeness (QED) is 0.531. The summed E-state index contributed by atoms with van der Waals surface area (Å²) >= 11 is 13.0. The molecule has 0 amide bonds. The third kappa shape index (κ3) is 3.31. The second-order valence-electron chi connectivity index (χ2n) is 6.85. The molecular formula is C19H14Cl2F3NO3S. The van der Waals surface area contributed by atoms with Crippen molar-refractivity contribution in [1.29, 1.82) is 0 Å². The van der Waals surface area contributed by atoms with E-state index in [0.717, 1.165) is 28.9 Å². The number of benzene rings is 1. The summed E-state index contributed by atoms with van der Waals surface area (Å²) in [4.78, 5) is 18.1. The number of nitrogens with zero attached hydrogens (tertiary/aromatic N) is 1. The van der Waals surface area contributed by atoms with Crippen molar-refractivity contribution in [2.24, 2.45) is 5.16 Å². The van der Waals surface area contributed by atoms with Crippen LogP contribution in [0.3, 0.4) is 0 Å².